The van der Waals surface area contributed by atoms with Crippen LogP contribution in [0.3, 0.4) is 0 Å². The largest absolute Gasteiger partial charge is 0.449 e. The monoisotopic (exact) mass is 202 g/mol. The number of thioether (sulfide) groups is 2. The lowest BCUT2D eigenvalue weighted by Gasteiger charge is -2.09. The van der Waals surface area contributed by atoms with Gasteiger partial charge in [0.1, 0.15) is 10.8 Å². The molecular weight excluding hydrogens is 196 g/mol. The molecule has 0 aromatic heterocycles. The predicted octanol–water partition coefficient (Wildman–Crippen LogP) is 1.30. The van der Waals surface area contributed by atoms with E-state index in [1.807, 2.05) is 5.40 Å². The van der Waals surface area contributed by atoms with Crippen molar-refractivity contribution in [2.24, 2.45) is 0 Å². The Hall–Kier alpha value is -0.850. The average Bonchev–Trinajstić information content (AvgIpc) is 2.00. The fourth-order valence-electron chi connectivity index (χ4n) is 0.441. The number of ether oxygens (including phenoxy) is 1. The van der Waals surface area contributed by atoms with Gasteiger partial charge >= 0.3 is 5.97 Å². The number of esters is 1. The molecule has 6 heteroatoms. The average molecular weight is 202 g/mol. The Morgan fingerprint density at radius 1 is 1.58 bits per heavy atom. The van der Waals surface area contributed by atoms with Gasteiger partial charge in [0, 0.05) is 6.92 Å². The maximum Gasteiger partial charge on any atom is 0.303 e. The van der Waals surface area contributed by atoms with Gasteiger partial charge in [-0.05, 0) is 23.5 Å². The van der Waals surface area contributed by atoms with Crippen LogP contribution in [0.5, 0.6) is 0 Å². The molecule has 0 aromatic rings. The molecule has 0 aliphatic carbocycles. The summed E-state index contributed by atoms with van der Waals surface area (Å²) < 4.78 is 4.72. The molecule has 0 aromatic carbocycles. The molecule has 0 fully saturated rings. The highest BCUT2D eigenvalue weighted by atomic mass is 32.2. The van der Waals surface area contributed by atoms with Gasteiger partial charge in [-0.3, -0.25) is 4.79 Å². The second-order valence-electron chi connectivity index (χ2n) is 1.65. The first-order chi connectivity index (χ1) is 5.70. The zero-order valence-corrected chi connectivity index (χ0v) is 7.94. The van der Waals surface area contributed by atoms with Gasteiger partial charge in [-0.2, -0.15) is 10.5 Å². The number of carbonyl (C=O) groups excluding carboxylic acids is 1. The zero-order valence-electron chi connectivity index (χ0n) is 6.31. The fourth-order valence-corrected chi connectivity index (χ4v) is 1.50. The van der Waals surface area contributed by atoms with Crippen LogP contribution in [0.2, 0.25) is 0 Å². The van der Waals surface area contributed by atoms with Crippen LogP contribution in [-0.4, -0.2) is 17.2 Å². The van der Waals surface area contributed by atoms with E-state index in [0.29, 0.717) is 5.75 Å². The van der Waals surface area contributed by atoms with E-state index in [-0.39, 0.29) is 0 Å². The Morgan fingerprint density at radius 3 is 2.67 bits per heavy atom. The van der Waals surface area contributed by atoms with Gasteiger partial charge in [-0.1, -0.05) is 0 Å². The van der Waals surface area contributed by atoms with Crippen molar-refractivity contribution in [1.29, 1.82) is 10.5 Å². The molecule has 0 radical (unpaired) electrons. The first-order valence-corrected chi connectivity index (χ1v) is 4.80. The summed E-state index contributed by atoms with van der Waals surface area (Å²) in [6.07, 6.45) is 0. The van der Waals surface area contributed by atoms with Crippen LogP contribution >= 0.6 is 23.5 Å². The van der Waals surface area contributed by atoms with E-state index in [1.54, 1.807) is 5.40 Å². The molecule has 0 N–H and O–H groups in total. The topological polar surface area (TPSA) is 73.9 Å². The number of hydrogen-bond donors (Lipinski definition) is 0. The Morgan fingerprint density at radius 2 is 2.25 bits per heavy atom. The van der Waals surface area contributed by atoms with Crippen LogP contribution in [0.1, 0.15) is 6.92 Å². The third-order valence-electron chi connectivity index (χ3n) is 0.766. The first kappa shape index (κ1) is 11.2. The number of hydrogen-bond acceptors (Lipinski definition) is 6. The number of thiocyanates is 2. The molecule has 0 aliphatic rings. The lowest BCUT2D eigenvalue weighted by Crippen LogP contribution is -2.14. The third-order valence-corrected chi connectivity index (χ3v) is 2.21. The van der Waals surface area contributed by atoms with E-state index in [2.05, 4.69) is 0 Å². The Bertz CT molecular complexity index is 231. The molecule has 0 unspecified atom stereocenters. The van der Waals surface area contributed by atoms with Gasteiger partial charge in [0.05, 0.1) is 5.75 Å². The van der Waals surface area contributed by atoms with Crippen molar-refractivity contribution < 1.29 is 9.53 Å². The van der Waals surface area contributed by atoms with E-state index in [9.17, 15) is 4.79 Å². The van der Waals surface area contributed by atoms with Gasteiger partial charge in [-0.25, -0.2) is 0 Å². The summed E-state index contributed by atoms with van der Waals surface area (Å²) in [5.41, 5.74) is -0.544. The van der Waals surface area contributed by atoms with E-state index in [0.717, 1.165) is 23.5 Å². The van der Waals surface area contributed by atoms with Crippen LogP contribution in [0, 0.1) is 21.3 Å². The number of rotatable bonds is 4. The van der Waals surface area contributed by atoms with Crippen LogP contribution < -0.4 is 0 Å². The van der Waals surface area contributed by atoms with Crippen LogP contribution in [-0.2, 0) is 9.53 Å². The van der Waals surface area contributed by atoms with Crippen molar-refractivity contribution in [2.75, 3.05) is 5.75 Å². The fraction of sp³-hybridized carbons (Fsp3) is 0.500. The minimum atomic E-state index is -0.544. The zero-order chi connectivity index (χ0) is 9.40. The molecule has 0 spiro atoms. The molecular formula is C6H6N2O2S2. The maximum absolute atomic E-state index is 10.5. The van der Waals surface area contributed by atoms with Gasteiger partial charge in [0.15, 0.2) is 5.44 Å². The standard InChI is InChI=1S/C6H6N2O2S2/c1-5(9)10-6(12-4-8)2-11-3-7/h6H,2H2,1H3/t6-/m0/s1. The molecule has 64 valence electrons. The van der Waals surface area contributed by atoms with Gasteiger partial charge in [-0.15, -0.1) is 0 Å². The molecule has 0 saturated heterocycles. The molecule has 12 heavy (non-hydrogen) atoms. The smallest absolute Gasteiger partial charge is 0.303 e. The number of nitriles is 2. The van der Waals surface area contributed by atoms with Crippen molar-refractivity contribution >= 4 is 29.5 Å². The highest BCUT2D eigenvalue weighted by Gasteiger charge is 2.12. The minimum absolute atomic E-state index is 0.314. The Balaban J connectivity index is 3.81. The lowest BCUT2D eigenvalue weighted by molar-refractivity contribution is -0.141. The first-order valence-electron chi connectivity index (χ1n) is 2.93. The molecule has 1 atom stereocenters. The molecule has 0 aliphatic heterocycles. The second kappa shape index (κ2) is 6.84. The van der Waals surface area contributed by atoms with Crippen molar-refractivity contribution in [3.05, 3.63) is 0 Å². The van der Waals surface area contributed by atoms with Gasteiger partial charge < -0.3 is 4.74 Å². The van der Waals surface area contributed by atoms with E-state index in [1.165, 1.54) is 6.92 Å². The number of nitrogens with zero attached hydrogens (tertiary/aromatic N) is 2. The van der Waals surface area contributed by atoms with E-state index in [4.69, 9.17) is 15.3 Å². The Kier molecular flexibility index (Phi) is 6.35. The van der Waals surface area contributed by atoms with Crippen molar-refractivity contribution in [2.45, 2.75) is 12.4 Å². The maximum atomic E-state index is 10.5. The van der Waals surface area contributed by atoms with Crippen molar-refractivity contribution in [3.8, 4) is 10.8 Å². The second-order valence-corrected chi connectivity index (χ2v) is 3.40. The van der Waals surface area contributed by atoms with Gasteiger partial charge in [0.25, 0.3) is 0 Å². The van der Waals surface area contributed by atoms with E-state index >= 15 is 0 Å². The minimum Gasteiger partial charge on any atom is -0.449 e. The van der Waals surface area contributed by atoms with Crippen LogP contribution in [0.15, 0.2) is 0 Å². The highest BCUT2D eigenvalue weighted by Crippen LogP contribution is 2.15. The summed E-state index contributed by atoms with van der Waals surface area (Å²) in [4.78, 5) is 10.5. The molecule has 0 rings (SSSR count). The van der Waals surface area contributed by atoms with E-state index < -0.39 is 11.4 Å². The quantitative estimate of drug-likeness (QED) is 0.388. The molecule has 0 bridgehead atoms. The number of carbonyl (C=O) groups is 1. The molecule has 0 amide bonds. The van der Waals surface area contributed by atoms with Crippen LogP contribution in [0.4, 0.5) is 0 Å². The summed E-state index contributed by atoms with van der Waals surface area (Å²) >= 11 is 1.79. The molecule has 0 saturated carbocycles. The normalized spacial score (nSPS) is 10.9. The third kappa shape index (κ3) is 5.90. The Labute approximate surface area is 78.9 Å². The summed E-state index contributed by atoms with van der Waals surface area (Å²) in [6.45, 7) is 1.27. The van der Waals surface area contributed by atoms with Crippen molar-refractivity contribution in [1.82, 2.24) is 0 Å². The summed E-state index contributed by atoms with van der Waals surface area (Å²) in [7, 11) is 0. The predicted molar refractivity (Wildman–Crippen MR) is 46.8 cm³/mol. The molecule has 0 heterocycles. The summed E-state index contributed by atoms with van der Waals surface area (Å²) in [5.74, 6) is -0.129. The van der Waals surface area contributed by atoms with Crippen molar-refractivity contribution in [3.63, 3.8) is 0 Å². The SMILES string of the molecule is CC(=O)O[C@H](CSC#N)SC#N. The van der Waals surface area contributed by atoms with Crippen LogP contribution in [0.25, 0.3) is 0 Å². The summed E-state index contributed by atoms with van der Waals surface area (Å²) in [5, 5.41) is 20.1. The van der Waals surface area contributed by atoms with Gasteiger partial charge in [0.2, 0.25) is 0 Å². The summed E-state index contributed by atoms with van der Waals surface area (Å²) in [6, 6.07) is 0. The molecule has 4 nitrogen and oxygen atoms in total. The lowest BCUT2D eigenvalue weighted by atomic mass is 10.7. The highest BCUT2D eigenvalue weighted by molar-refractivity contribution is 8.07.